The van der Waals surface area contributed by atoms with Crippen molar-refractivity contribution in [2.75, 3.05) is 7.11 Å². The van der Waals surface area contributed by atoms with Crippen molar-refractivity contribution < 1.29 is 18.7 Å². The highest BCUT2D eigenvalue weighted by Gasteiger charge is 2.22. The van der Waals surface area contributed by atoms with E-state index in [9.17, 15) is 14.0 Å². The summed E-state index contributed by atoms with van der Waals surface area (Å²) in [5.74, 6) is -2.22. The number of carbonyl (C=O) groups excluding carboxylic acids is 2. The van der Waals surface area contributed by atoms with Gasteiger partial charge in [0.2, 0.25) is 0 Å². The molecule has 92 valence electrons. The highest BCUT2D eigenvalue weighted by Crippen LogP contribution is 2.19. The van der Waals surface area contributed by atoms with Gasteiger partial charge < -0.3 is 4.74 Å². The highest BCUT2D eigenvalue weighted by atomic mass is 35.5. The number of hydrogen-bond donors (Lipinski definition) is 0. The zero-order valence-corrected chi connectivity index (χ0v) is 10.3. The Kier molecular flexibility index (Phi) is 4.63. The maximum atomic E-state index is 12.8. The molecule has 3 nitrogen and oxygen atoms in total. The molecule has 0 bridgehead atoms. The van der Waals surface area contributed by atoms with E-state index in [0.29, 0.717) is 5.56 Å². The molecule has 0 saturated heterocycles. The Morgan fingerprint density at radius 2 is 2.12 bits per heavy atom. The Bertz CT molecular complexity index is 445. The standard InChI is InChI=1S/C12H12ClFO3/c1-7(12(16)17-2)11(15)5-8-3-4-9(14)6-10(8)13/h3-4,6-7H,5H2,1-2H3. The average Bonchev–Trinajstić information content (AvgIpc) is 2.30. The van der Waals surface area contributed by atoms with E-state index in [-0.39, 0.29) is 17.2 Å². The summed E-state index contributed by atoms with van der Waals surface area (Å²) in [5, 5.41) is 0.176. The van der Waals surface area contributed by atoms with Crippen LogP contribution in [0.2, 0.25) is 5.02 Å². The Morgan fingerprint density at radius 1 is 1.47 bits per heavy atom. The lowest BCUT2D eigenvalue weighted by Crippen LogP contribution is -2.23. The third-order valence-electron chi connectivity index (χ3n) is 2.42. The normalized spacial score (nSPS) is 12.0. The predicted octanol–water partition coefficient (Wildman–Crippen LogP) is 2.40. The third-order valence-corrected chi connectivity index (χ3v) is 2.77. The van der Waals surface area contributed by atoms with Crippen LogP contribution in [0.25, 0.3) is 0 Å². The maximum absolute atomic E-state index is 12.8. The first kappa shape index (κ1) is 13.6. The van der Waals surface area contributed by atoms with E-state index in [1.807, 2.05) is 0 Å². The smallest absolute Gasteiger partial charge is 0.315 e. The van der Waals surface area contributed by atoms with Gasteiger partial charge in [-0.15, -0.1) is 0 Å². The molecule has 0 N–H and O–H groups in total. The van der Waals surface area contributed by atoms with Crippen molar-refractivity contribution in [2.24, 2.45) is 5.92 Å². The number of ketones is 1. The summed E-state index contributed by atoms with van der Waals surface area (Å²) >= 11 is 5.78. The summed E-state index contributed by atoms with van der Waals surface area (Å²) in [4.78, 5) is 22.8. The van der Waals surface area contributed by atoms with Crippen LogP contribution in [0.15, 0.2) is 18.2 Å². The molecule has 1 atom stereocenters. The van der Waals surface area contributed by atoms with E-state index < -0.39 is 17.7 Å². The molecule has 0 aromatic heterocycles. The molecule has 0 amide bonds. The quantitative estimate of drug-likeness (QED) is 0.615. The van der Waals surface area contributed by atoms with E-state index in [0.717, 1.165) is 6.07 Å². The van der Waals surface area contributed by atoms with Gasteiger partial charge in [-0.2, -0.15) is 0 Å². The van der Waals surface area contributed by atoms with Crippen molar-refractivity contribution in [3.05, 3.63) is 34.6 Å². The van der Waals surface area contributed by atoms with Crippen LogP contribution in [0.5, 0.6) is 0 Å². The second-order valence-corrected chi connectivity index (χ2v) is 4.03. The molecule has 0 fully saturated rings. The molecule has 17 heavy (non-hydrogen) atoms. The summed E-state index contributed by atoms with van der Waals surface area (Å²) < 4.78 is 17.3. The molecule has 0 heterocycles. The minimum atomic E-state index is -0.846. The first-order valence-electron chi connectivity index (χ1n) is 5.00. The van der Waals surface area contributed by atoms with Crippen LogP contribution in [0.3, 0.4) is 0 Å². The number of hydrogen-bond acceptors (Lipinski definition) is 3. The molecule has 5 heteroatoms. The second kappa shape index (κ2) is 5.77. The molecule has 1 aromatic rings. The van der Waals surface area contributed by atoms with E-state index in [1.165, 1.54) is 26.2 Å². The van der Waals surface area contributed by atoms with Gasteiger partial charge in [0.05, 0.1) is 7.11 Å². The van der Waals surface area contributed by atoms with Gasteiger partial charge >= 0.3 is 5.97 Å². The Hall–Kier alpha value is -1.42. The fourth-order valence-corrected chi connectivity index (χ4v) is 1.55. The topological polar surface area (TPSA) is 43.4 Å². The molecule has 1 unspecified atom stereocenters. The largest absolute Gasteiger partial charge is 0.468 e. The van der Waals surface area contributed by atoms with E-state index in [1.54, 1.807) is 0 Å². The number of Topliss-reactive ketones (excluding diaryl/α,β-unsaturated/α-hetero) is 1. The van der Waals surface area contributed by atoms with Crippen LogP contribution in [0.1, 0.15) is 12.5 Å². The van der Waals surface area contributed by atoms with Crippen LogP contribution in [0, 0.1) is 11.7 Å². The Balaban J connectivity index is 2.78. The van der Waals surface area contributed by atoms with Crippen molar-refractivity contribution in [1.29, 1.82) is 0 Å². The molecule has 1 rings (SSSR count). The number of esters is 1. The van der Waals surface area contributed by atoms with E-state index in [4.69, 9.17) is 11.6 Å². The minimum absolute atomic E-state index is 0.0185. The maximum Gasteiger partial charge on any atom is 0.315 e. The lowest BCUT2D eigenvalue weighted by Gasteiger charge is -2.09. The number of rotatable bonds is 4. The van der Waals surface area contributed by atoms with Gasteiger partial charge in [0.15, 0.2) is 5.78 Å². The van der Waals surface area contributed by atoms with Crippen LogP contribution in [0.4, 0.5) is 4.39 Å². The molecule has 0 saturated carbocycles. The molecule has 1 aromatic carbocycles. The van der Waals surface area contributed by atoms with Gasteiger partial charge in [0.25, 0.3) is 0 Å². The van der Waals surface area contributed by atoms with E-state index >= 15 is 0 Å². The summed E-state index contributed by atoms with van der Waals surface area (Å²) in [6, 6.07) is 3.78. The number of carbonyl (C=O) groups is 2. The molecular weight excluding hydrogens is 247 g/mol. The number of halogens is 2. The van der Waals surface area contributed by atoms with Crippen molar-refractivity contribution in [2.45, 2.75) is 13.3 Å². The fraction of sp³-hybridized carbons (Fsp3) is 0.333. The average molecular weight is 259 g/mol. The molecule has 0 spiro atoms. The zero-order chi connectivity index (χ0) is 13.0. The summed E-state index contributed by atoms with van der Waals surface area (Å²) in [5.41, 5.74) is 0.494. The van der Waals surface area contributed by atoms with Crippen LogP contribution >= 0.6 is 11.6 Å². The van der Waals surface area contributed by atoms with Crippen molar-refractivity contribution >= 4 is 23.4 Å². The first-order valence-corrected chi connectivity index (χ1v) is 5.38. The fourth-order valence-electron chi connectivity index (χ4n) is 1.31. The van der Waals surface area contributed by atoms with Crippen LogP contribution in [-0.2, 0) is 20.7 Å². The van der Waals surface area contributed by atoms with Crippen molar-refractivity contribution in [3.63, 3.8) is 0 Å². The van der Waals surface area contributed by atoms with Gasteiger partial charge in [0, 0.05) is 11.4 Å². The zero-order valence-electron chi connectivity index (χ0n) is 9.50. The van der Waals surface area contributed by atoms with Crippen LogP contribution < -0.4 is 0 Å². The van der Waals surface area contributed by atoms with Crippen molar-refractivity contribution in [3.8, 4) is 0 Å². The number of ether oxygens (including phenoxy) is 1. The van der Waals surface area contributed by atoms with Gasteiger partial charge in [-0.05, 0) is 24.6 Å². The van der Waals surface area contributed by atoms with E-state index in [2.05, 4.69) is 4.74 Å². The lowest BCUT2D eigenvalue weighted by atomic mass is 9.99. The first-order chi connectivity index (χ1) is 7.95. The number of methoxy groups -OCH3 is 1. The molecule has 0 aliphatic rings. The second-order valence-electron chi connectivity index (χ2n) is 3.62. The van der Waals surface area contributed by atoms with Gasteiger partial charge in [-0.1, -0.05) is 17.7 Å². The summed E-state index contributed by atoms with van der Waals surface area (Å²) in [7, 11) is 1.22. The van der Waals surface area contributed by atoms with Gasteiger partial charge in [-0.3, -0.25) is 9.59 Å². The Labute approximate surface area is 104 Å². The molecule has 0 aliphatic heterocycles. The SMILES string of the molecule is COC(=O)C(C)C(=O)Cc1ccc(F)cc1Cl. The molecular formula is C12H12ClFO3. The molecule has 0 aliphatic carbocycles. The predicted molar refractivity (Wildman–Crippen MR) is 61.3 cm³/mol. The summed E-state index contributed by atoms with van der Waals surface area (Å²) in [6.07, 6.45) is -0.0185. The number of benzene rings is 1. The summed E-state index contributed by atoms with van der Waals surface area (Å²) in [6.45, 7) is 1.46. The highest BCUT2D eigenvalue weighted by molar-refractivity contribution is 6.31. The van der Waals surface area contributed by atoms with Gasteiger partial charge in [-0.25, -0.2) is 4.39 Å². The monoisotopic (exact) mass is 258 g/mol. The lowest BCUT2D eigenvalue weighted by molar-refractivity contribution is -0.148. The Morgan fingerprint density at radius 3 is 2.65 bits per heavy atom. The van der Waals surface area contributed by atoms with Crippen LogP contribution in [-0.4, -0.2) is 18.9 Å². The minimum Gasteiger partial charge on any atom is -0.468 e. The van der Waals surface area contributed by atoms with Crippen molar-refractivity contribution in [1.82, 2.24) is 0 Å². The van der Waals surface area contributed by atoms with Gasteiger partial charge in [0.1, 0.15) is 11.7 Å². The molecule has 0 radical (unpaired) electrons. The third kappa shape index (κ3) is 3.53.